The van der Waals surface area contributed by atoms with Crippen LogP contribution in [-0.2, 0) is 35.1 Å². The maximum atomic E-state index is 14.8. The van der Waals surface area contributed by atoms with E-state index in [-0.39, 0.29) is 34.0 Å². The second kappa shape index (κ2) is 11.1. The van der Waals surface area contributed by atoms with Gasteiger partial charge in [0, 0.05) is 60.7 Å². The Labute approximate surface area is 270 Å². The summed E-state index contributed by atoms with van der Waals surface area (Å²) in [4.78, 5) is 22.2. The fourth-order valence-electron chi connectivity index (χ4n) is 6.31. The highest BCUT2D eigenvalue weighted by Crippen LogP contribution is 2.43. The lowest BCUT2D eigenvalue weighted by atomic mass is 9.98. The first-order valence-electron chi connectivity index (χ1n) is 14.8. The fraction of sp³-hybridized carbons (Fsp3) is 0.242. The summed E-state index contributed by atoms with van der Waals surface area (Å²) in [6.45, 7) is 0.692. The molecule has 1 amide bonds. The number of aromatic nitrogens is 3. The number of hydrogen-bond acceptors (Lipinski definition) is 6. The van der Waals surface area contributed by atoms with Gasteiger partial charge in [0.15, 0.2) is 0 Å². The highest BCUT2D eigenvalue weighted by Gasteiger charge is 2.30. The van der Waals surface area contributed by atoms with Crippen molar-refractivity contribution in [1.82, 2.24) is 19.9 Å². The Morgan fingerprint density at radius 2 is 1.91 bits per heavy atom. The molecule has 1 N–H and O–H groups in total. The molecule has 0 spiro atoms. The summed E-state index contributed by atoms with van der Waals surface area (Å²) in [7, 11) is 0.512. The molecule has 0 saturated carbocycles. The van der Waals surface area contributed by atoms with Gasteiger partial charge in [0.2, 0.25) is 10.0 Å². The van der Waals surface area contributed by atoms with Crippen LogP contribution in [0.5, 0.6) is 0 Å². The van der Waals surface area contributed by atoms with E-state index in [2.05, 4.69) is 14.9 Å². The number of anilines is 1. The quantitative estimate of drug-likeness (QED) is 0.205. The molecule has 1 aliphatic heterocycles. The molecule has 5 aromatic rings. The smallest absolute Gasteiger partial charge is 0.300 e. The Hall–Kier alpha value is -4.48. The van der Waals surface area contributed by atoms with E-state index in [4.69, 9.17) is 9.40 Å². The first kappa shape index (κ1) is 31.1. The van der Waals surface area contributed by atoms with Crippen molar-refractivity contribution < 1.29 is 30.8 Å². The Morgan fingerprint density at radius 1 is 1.13 bits per heavy atom. The number of rotatable bonds is 6. The maximum Gasteiger partial charge on any atom is 0.300 e. The number of carbonyl (C=O) groups is 1. The van der Waals surface area contributed by atoms with Crippen molar-refractivity contribution in [2.24, 2.45) is 0 Å². The molecule has 2 aliphatic rings. The van der Waals surface area contributed by atoms with Crippen LogP contribution in [0.3, 0.4) is 0 Å². The Balaban J connectivity index is 1.45. The van der Waals surface area contributed by atoms with Gasteiger partial charge in [-0.1, -0.05) is 15.3 Å². The van der Waals surface area contributed by atoms with E-state index < -0.39 is 27.3 Å². The molecule has 242 valence electrons. The molecule has 9 nitrogen and oxygen atoms in total. The van der Waals surface area contributed by atoms with Crippen LogP contribution in [0.2, 0.25) is 0 Å². The minimum absolute atomic E-state index is 0.0764. The average molecular weight is 680 g/mol. The Morgan fingerprint density at radius 3 is 2.60 bits per heavy atom. The van der Waals surface area contributed by atoms with Crippen molar-refractivity contribution in [3.63, 3.8) is 0 Å². The van der Waals surface area contributed by atoms with E-state index in [1.165, 1.54) is 41.7 Å². The van der Waals surface area contributed by atoms with E-state index in [0.29, 0.717) is 47.3 Å². The van der Waals surface area contributed by atoms with Gasteiger partial charge in [-0.2, -0.15) is 8.78 Å². The lowest BCUT2D eigenvalue weighted by Crippen LogP contribution is -2.25. The Kier molecular flexibility index (Phi) is 7.32. The third-order valence-corrected chi connectivity index (χ3v) is 10.2. The SMILES string of the molecule is CNC(=O)c1c(-c2ccc(C(F)(F)P)nc2)oc2cc(N(C)S(C)(=O)=O)c(-c3ccc4c(n3)-c3cc5c(n3CC4)CCC=C5F)cc12. The largest absolute Gasteiger partial charge is 0.455 e. The number of alkyl halides is 2. The topological polar surface area (TPSA) is 110 Å². The zero-order valence-electron chi connectivity index (χ0n) is 25.6. The number of aryl methyl sites for hydroxylation is 1. The molecule has 1 aliphatic carbocycles. The average Bonchev–Trinajstić information content (AvgIpc) is 3.62. The third-order valence-electron chi connectivity index (χ3n) is 8.74. The Bertz CT molecular complexity index is 2260. The van der Waals surface area contributed by atoms with Crippen LogP contribution >= 0.6 is 9.24 Å². The number of benzene rings is 1. The van der Waals surface area contributed by atoms with Gasteiger partial charge in [0.05, 0.1) is 34.6 Å². The van der Waals surface area contributed by atoms with Crippen LogP contribution < -0.4 is 9.62 Å². The van der Waals surface area contributed by atoms with E-state index >= 15 is 0 Å². The molecule has 14 heteroatoms. The third kappa shape index (κ3) is 5.21. The van der Waals surface area contributed by atoms with Crippen molar-refractivity contribution in [1.29, 1.82) is 0 Å². The summed E-state index contributed by atoms with van der Waals surface area (Å²) in [5.74, 6) is -0.684. The first-order chi connectivity index (χ1) is 22.3. The monoisotopic (exact) mass is 679 g/mol. The van der Waals surface area contributed by atoms with Crippen LogP contribution in [0.1, 0.15) is 39.3 Å². The lowest BCUT2D eigenvalue weighted by Gasteiger charge is -2.23. The number of allylic oxidation sites excluding steroid dienone is 1. The van der Waals surface area contributed by atoms with E-state index in [0.717, 1.165) is 40.0 Å². The summed E-state index contributed by atoms with van der Waals surface area (Å²) >= 11 is 0. The number of carbonyl (C=O) groups excluding carboxylic acids is 1. The van der Waals surface area contributed by atoms with Gasteiger partial charge in [-0.05, 0) is 61.2 Å². The lowest BCUT2D eigenvalue weighted by molar-refractivity contribution is 0.0962. The zero-order chi connectivity index (χ0) is 33.4. The van der Waals surface area contributed by atoms with Gasteiger partial charge < -0.3 is 14.3 Å². The first-order valence-corrected chi connectivity index (χ1v) is 17.2. The van der Waals surface area contributed by atoms with Gasteiger partial charge in [0.25, 0.3) is 11.6 Å². The van der Waals surface area contributed by atoms with E-state index in [1.54, 1.807) is 18.2 Å². The zero-order valence-corrected chi connectivity index (χ0v) is 27.5. The standard InChI is InChI=1S/C33H29F3N5O4PS/c1-37-32(42)29-21-13-20(23-9-7-17-11-12-41-24-6-4-5-22(34)19(24)14-26(41)30(17)39-23)25(40(2)47(3,43)44)15-27(21)45-31(29)18-8-10-28(38-16-18)33(35,36)46/h5,7-10,13-16H,4,6,11-12,46H2,1-3H3,(H,37,42). The summed E-state index contributed by atoms with van der Waals surface area (Å²) in [6, 6.07) is 11.2. The van der Waals surface area contributed by atoms with E-state index in [1.807, 2.05) is 12.1 Å². The predicted molar refractivity (Wildman–Crippen MR) is 177 cm³/mol. The molecule has 47 heavy (non-hydrogen) atoms. The number of pyridine rings is 2. The molecule has 0 bridgehead atoms. The minimum Gasteiger partial charge on any atom is -0.455 e. The van der Waals surface area contributed by atoms with Crippen LogP contribution in [0.4, 0.5) is 18.9 Å². The summed E-state index contributed by atoms with van der Waals surface area (Å²) < 4.78 is 77.5. The molecule has 5 heterocycles. The molecular weight excluding hydrogens is 650 g/mol. The van der Waals surface area contributed by atoms with Gasteiger partial charge in [-0.3, -0.25) is 14.1 Å². The molecule has 0 saturated heterocycles. The van der Waals surface area contributed by atoms with Gasteiger partial charge in [0.1, 0.15) is 22.9 Å². The molecule has 1 atom stereocenters. The van der Waals surface area contributed by atoms with Crippen LogP contribution in [0, 0.1) is 0 Å². The van der Waals surface area contributed by atoms with Crippen molar-refractivity contribution in [2.45, 2.75) is 31.5 Å². The number of halogens is 3. The minimum atomic E-state index is -3.77. The number of amides is 1. The van der Waals surface area contributed by atoms with Crippen molar-refractivity contribution in [3.05, 3.63) is 82.8 Å². The predicted octanol–water partition coefficient (Wildman–Crippen LogP) is 6.52. The van der Waals surface area contributed by atoms with Crippen molar-refractivity contribution in [2.75, 3.05) is 24.7 Å². The molecule has 0 fully saturated rings. The summed E-state index contributed by atoms with van der Waals surface area (Å²) in [5.41, 5.74) is 1.85. The summed E-state index contributed by atoms with van der Waals surface area (Å²) in [5, 5.41) is 2.96. The number of furan rings is 1. The van der Waals surface area contributed by atoms with Crippen LogP contribution in [0.15, 0.2) is 59.2 Å². The van der Waals surface area contributed by atoms with E-state index in [9.17, 15) is 26.4 Å². The molecule has 7 rings (SSSR count). The molecule has 1 unspecified atom stereocenters. The molecule has 0 radical (unpaired) electrons. The molecular formula is C33H29F3N5O4PS. The van der Waals surface area contributed by atoms with Crippen LogP contribution in [0.25, 0.3) is 50.8 Å². The number of hydrogen-bond donors (Lipinski definition) is 1. The van der Waals surface area contributed by atoms with Gasteiger partial charge >= 0.3 is 0 Å². The molecule has 4 aromatic heterocycles. The normalized spacial score (nSPS) is 14.3. The highest BCUT2D eigenvalue weighted by atomic mass is 32.2. The van der Waals surface area contributed by atoms with Crippen LogP contribution in [-0.4, -0.2) is 49.2 Å². The van der Waals surface area contributed by atoms with Crippen molar-refractivity contribution in [3.8, 4) is 34.0 Å². The molecule has 1 aromatic carbocycles. The fourth-order valence-corrected chi connectivity index (χ4v) is 6.99. The second-order valence-corrected chi connectivity index (χ2v) is 14.4. The number of fused-ring (bicyclic) bond motifs is 6. The second-order valence-electron chi connectivity index (χ2n) is 11.6. The number of sulfonamides is 1. The van der Waals surface area contributed by atoms with Gasteiger partial charge in [-0.25, -0.2) is 17.8 Å². The number of nitrogens with one attached hydrogen (secondary N) is 1. The number of nitrogens with zero attached hydrogens (tertiary/aromatic N) is 4. The maximum absolute atomic E-state index is 14.8. The summed E-state index contributed by atoms with van der Waals surface area (Å²) in [6.07, 6.45) is 5.89. The van der Waals surface area contributed by atoms with Gasteiger partial charge in [-0.15, -0.1) is 0 Å². The highest BCUT2D eigenvalue weighted by molar-refractivity contribution is 7.92. The van der Waals surface area contributed by atoms with Crippen molar-refractivity contribution >= 4 is 47.7 Å².